The van der Waals surface area contributed by atoms with E-state index in [1.54, 1.807) is 27.5 Å². The third kappa shape index (κ3) is 3.27. The standard InChI is InChI=1S/C22H29N4O4/c1-6-23-12-16(2)11-19-21(23)25-15-26(29-4,30-5)14-20(25)22(27)24(19)13-17-7-9-18(28-3)10-8-17/h7-11,14H,6,12-13,15H2,1-5H3/q+1. The summed E-state index contributed by atoms with van der Waals surface area (Å²) in [6, 6.07) is 7.81. The summed E-state index contributed by atoms with van der Waals surface area (Å²) in [6.45, 7) is 6.73. The van der Waals surface area contributed by atoms with Gasteiger partial charge in [0.05, 0.1) is 19.4 Å². The lowest BCUT2D eigenvalue weighted by molar-refractivity contribution is -1.21. The molecule has 0 saturated heterocycles. The lowest BCUT2D eigenvalue weighted by atomic mass is 10.1. The number of quaternary nitrogens is 1. The molecule has 1 aromatic carbocycles. The van der Waals surface area contributed by atoms with E-state index in [0.717, 1.165) is 35.9 Å². The van der Waals surface area contributed by atoms with Crippen LogP contribution in [0.25, 0.3) is 0 Å². The largest absolute Gasteiger partial charge is 0.497 e. The number of ether oxygens (including phenoxy) is 1. The molecule has 4 rings (SSSR count). The molecule has 0 atom stereocenters. The molecule has 0 fully saturated rings. The summed E-state index contributed by atoms with van der Waals surface area (Å²) in [5.74, 6) is 1.73. The third-order valence-corrected chi connectivity index (χ3v) is 5.81. The Hall–Kier alpha value is -2.81. The van der Waals surface area contributed by atoms with Crippen molar-refractivity contribution in [2.75, 3.05) is 41.1 Å². The number of methoxy groups -OCH3 is 1. The van der Waals surface area contributed by atoms with Gasteiger partial charge in [-0.25, -0.2) is 0 Å². The summed E-state index contributed by atoms with van der Waals surface area (Å²) >= 11 is 0. The minimum Gasteiger partial charge on any atom is -0.497 e. The lowest BCUT2D eigenvalue weighted by Crippen LogP contribution is -2.51. The van der Waals surface area contributed by atoms with Gasteiger partial charge in [-0.05, 0) is 37.6 Å². The zero-order valence-corrected chi connectivity index (χ0v) is 18.2. The number of allylic oxidation sites excluding steroid dienone is 1. The molecule has 8 heteroatoms. The molecular weight excluding hydrogens is 384 g/mol. The Morgan fingerprint density at radius 3 is 2.40 bits per heavy atom. The number of amides is 1. The number of hydrogen-bond acceptors (Lipinski definition) is 6. The molecule has 1 amide bonds. The molecule has 3 heterocycles. The average molecular weight is 413 g/mol. The first-order valence-electron chi connectivity index (χ1n) is 10.1. The quantitative estimate of drug-likeness (QED) is 0.668. The Bertz CT molecular complexity index is 931. The highest BCUT2D eigenvalue weighted by atomic mass is 17.0. The number of carbonyl (C=O) groups excluding carboxylic acids is 1. The summed E-state index contributed by atoms with van der Waals surface area (Å²) in [5.41, 5.74) is 3.72. The first-order valence-corrected chi connectivity index (χ1v) is 10.1. The molecule has 0 saturated carbocycles. The number of benzene rings is 1. The second-order valence-corrected chi connectivity index (χ2v) is 7.63. The molecule has 30 heavy (non-hydrogen) atoms. The Balaban J connectivity index is 1.80. The van der Waals surface area contributed by atoms with Crippen molar-refractivity contribution < 1.29 is 24.0 Å². The van der Waals surface area contributed by atoms with Crippen LogP contribution >= 0.6 is 0 Å². The number of fused-ring (bicyclic) bond motifs is 2. The third-order valence-electron chi connectivity index (χ3n) is 5.81. The van der Waals surface area contributed by atoms with Crippen molar-refractivity contribution >= 4 is 5.91 Å². The highest BCUT2D eigenvalue weighted by Crippen LogP contribution is 2.40. The van der Waals surface area contributed by atoms with Crippen LogP contribution in [0.15, 0.2) is 59.3 Å². The second-order valence-electron chi connectivity index (χ2n) is 7.63. The van der Waals surface area contributed by atoms with Crippen molar-refractivity contribution in [2.45, 2.75) is 20.4 Å². The maximum Gasteiger partial charge on any atom is 0.281 e. The Morgan fingerprint density at radius 1 is 1.10 bits per heavy atom. The molecule has 0 N–H and O–H groups in total. The number of nitrogens with zero attached hydrogens (tertiary/aromatic N) is 4. The predicted molar refractivity (Wildman–Crippen MR) is 111 cm³/mol. The number of hydrogen-bond donors (Lipinski definition) is 0. The minimum atomic E-state index is -0.186. The summed E-state index contributed by atoms with van der Waals surface area (Å²) in [6.07, 6.45) is 3.86. The van der Waals surface area contributed by atoms with Gasteiger partial charge in [0.25, 0.3) is 5.91 Å². The molecule has 0 spiro atoms. The fourth-order valence-electron chi connectivity index (χ4n) is 4.19. The minimum absolute atomic E-state index is 0.0688. The van der Waals surface area contributed by atoms with Crippen LogP contribution in [0, 0.1) is 0 Å². The van der Waals surface area contributed by atoms with E-state index in [1.807, 2.05) is 34.1 Å². The van der Waals surface area contributed by atoms with Crippen molar-refractivity contribution in [2.24, 2.45) is 0 Å². The average Bonchev–Trinajstić information content (AvgIpc) is 3.17. The van der Waals surface area contributed by atoms with E-state index in [0.29, 0.717) is 18.9 Å². The molecule has 1 aromatic rings. The molecular formula is C22H29N4O4+. The summed E-state index contributed by atoms with van der Waals surface area (Å²) in [7, 11) is 4.80. The normalized spacial score (nSPS) is 20.2. The zero-order chi connectivity index (χ0) is 21.5. The van der Waals surface area contributed by atoms with Crippen molar-refractivity contribution in [1.29, 1.82) is 0 Å². The van der Waals surface area contributed by atoms with Gasteiger partial charge in [-0.1, -0.05) is 17.7 Å². The first-order chi connectivity index (χ1) is 14.4. The number of likely N-dealkylation sites (N-methyl/N-ethyl adjacent to an activating group) is 1. The molecule has 160 valence electrons. The van der Waals surface area contributed by atoms with E-state index in [-0.39, 0.29) is 10.7 Å². The fourth-order valence-corrected chi connectivity index (χ4v) is 4.19. The summed E-state index contributed by atoms with van der Waals surface area (Å²) in [4.78, 5) is 30.7. The van der Waals surface area contributed by atoms with E-state index < -0.39 is 0 Å². The van der Waals surface area contributed by atoms with Gasteiger partial charge in [0, 0.05) is 17.9 Å². The van der Waals surface area contributed by atoms with Crippen LogP contribution in [0.4, 0.5) is 0 Å². The first kappa shape index (κ1) is 20.5. The maximum absolute atomic E-state index is 13.6. The van der Waals surface area contributed by atoms with Crippen LogP contribution in [0.2, 0.25) is 0 Å². The highest BCUT2D eigenvalue weighted by molar-refractivity contribution is 5.96. The van der Waals surface area contributed by atoms with Crippen molar-refractivity contribution in [3.63, 3.8) is 0 Å². The molecule has 0 radical (unpaired) electrons. The van der Waals surface area contributed by atoms with Crippen molar-refractivity contribution in [3.8, 4) is 5.75 Å². The van der Waals surface area contributed by atoms with Crippen molar-refractivity contribution in [3.05, 3.63) is 64.9 Å². The number of hydroxylamine groups is 4. The Kier molecular flexibility index (Phi) is 5.31. The molecule has 8 nitrogen and oxygen atoms in total. The number of rotatable bonds is 6. The van der Waals surface area contributed by atoms with E-state index in [9.17, 15) is 4.79 Å². The van der Waals surface area contributed by atoms with Gasteiger partial charge in [0.1, 0.15) is 25.8 Å². The van der Waals surface area contributed by atoms with Crippen LogP contribution < -0.4 is 4.74 Å². The molecule has 0 bridgehead atoms. The van der Waals surface area contributed by atoms with Gasteiger partial charge in [0.2, 0.25) is 6.67 Å². The summed E-state index contributed by atoms with van der Waals surface area (Å²) < 4.78 is 5.26. The van der Waals surface area contributed by atoms with Gasteiger partial charge < -0.3 is 9.64 Å². The van der Waals surface area contributed by atoms with Gasteiger partial charge in [-0.3, -0.25) is 14.6 Å². The van der Waals surface area contributed by atoms with Crippen LogP contribution in [0.1, 0.15) is 19.4 Å². The van der Waals surface area contributed by atoms with Gasteiger partial charge in [-0.2, -0.15) is 9.68 Å². The van der Waals surface area contributed by atoms with E-state index in [4.69, 9.17) is 14.4 Å². The summed E-state index contributed by atoms with van der Waals surface area (Å²) in [5, 5.41) is 0. The van der Waals surface area contributed by atoms with Crippen LogP contribution in [0.3, 0.4) is 0 Å². The molecule has 3 aliphatic rings. The maximum atomic E-state index is 13.6. The Labute approximate surface area is 177 Å². The van der Waals surface area contributed by atoms with Crippen LogP contribution in [-0.2, 0) is 21.0 Å². The Morgan fingerprint density at radius 2 is 1.80 bits per heavy atom. The van der Waals surface area contributed by atoms with Crippen LogP contribution in [-0.4, -0.2) is 66.5 Å². The van der Waals surface area contributed by atoms with Gasteiger partial charge >= 0.3 is 0 Å². The van der Waals surface area contributed by atoms with E-state index in [2.05, 4.69) is 24.8 Å². The van der Waals surface area contributed by atoms with E-state index >= 15 is 0 Å². The highest BCUT2D eigenvalue weighted by Gasteiger charge is 2.50. The van der Waals surface area contributed by atoms with Crippen LogP contribution in [0.5, 0.6) is 5.75 Å². The number of carbonyl (C=O) groups is 1. The van der Waals surface area contributed by atoms with Crippen molar-refractivity contribution in [1.82, 2.24) is 14.7 Å². The molecule has 0 unspecified atom stereocenters. The predicted octanol–water partition coefficient (Wildman–Crippen LogP) is 2.54. The van der Waals surface area contributed by atoms with Gasteiger partial charge in [0.15, 0.2) is 11.9 Å². The van der Waals surface area contributed by atoms with Gasteiger partial charge in [-0.15, -0.1) is 0 Å². The van der Waals surface area contributed by atoms with E-state index in [1.165, 1.54) is 5.57 Å². The molecule has 0 aromatic heterocycles. The lowest BCUT2D eigenvalue weighted by Gasteiger charge is -2.43. The molecule has 3 aliphatic heterocycles. The molecule has 0 aliphatic carbocycles. The SMILES string of the molecule is CCN1CC(C)=CC2=C1N1C[N+](OC)(OC)C=C1C(=O)N2Cc1ccc(OC)cc1. The topological polar surface area (TPSA) is 54.5 Å². The fraction of sp³-hybridized carbons (Fsp3) is 0.409. The second kappa shape index (κ2) is 7.79. The smallest absolute Gasteiger partial charge is 0.281 e. The monoisotopic (exact) mass is 413 g/mol. The zero-order valence-electron chi connectivity index (χ0n) is 18.2.